The number of nitrogens with one attached hydrogen (secondary N) is 2. The maximum absolute atomic E-state index is 13.9. The number of phenols is 1. The Morgan fingerprint density at radius 3 is 2.42 bits per heavy atom. The number of H-pyrrole nitrogens is 1. The molecule has 8 heteroatoms. The van der Waals surface area contributed by atoms with E-state index < -0.39 is 0 Å². The number of aromatic amines is 1. The van der Waals surface area contributed by atoms with Crippen molar-refractivity contribution in [3.05, 3.63) is 89.2 Å². The van der Waals surface area contributed by atoms with Crippen molar-refractivity contribution in [2.24, 2.45) is 0 Å². The van der Waals surface area contributed by atoms with E-state index in [0.717, 1.165) is 33.5 Å². The summed E-state index contributed by atoms with van der Waals surface area (Å²) in [7, 11) is 0. The van der Waals surface area contributed by atoms with E-state index in [4.69, 9.17) is 0 Å². The molecule has 0 aliphatic carbocycles. The number of anilines is 3. The number of benzene rings is 3. The number of aromatic nitrogens is 4. The number of hydrogen-bond donors (Lipinski definition) is 3. The quantitative estimate of drug-likeness (QED) is 0.244. The smallest absolute Gasteiger partial charge is 0.264 e. The van der Waals surface area contributed by atoms with Crippen molar-refractivity contribution in [3.63, 3.8) is 0 Å². The summed E-state index contributed by atoms with van der Waals surface area (Å²) in [6, 6.07) is 18.8. The number of carbonyl (C=O) groups is 1. The van der Waals surface area contributed by atoms with Gasteiger partial charge in [0.2, 0.25) is 5.95 Å². The van der Waals surface area contributed by atoms with Gasteiger partial charge in [-0.25, -0.2) is 9.97 Å². The van der Waals surface area contributed by atoms with Gasteiger partial charge < -0.3 is 10.4 Å². The molecule has 0 saturated carbocycles. The summed E-state index contributed by atoms with van der Waals surface area (Å²) in [5.41, 5.74) is 6.01. The molecule has 0 aliphatic rings. The van der Waals surface area contributed by atoms with E-state index in [1.54, 1.807) is 23.2 Å². The van der Waals surface area contributed by atoms with Gasteiger partial charge in [-0.15, -0.1) is 0 Å². The Morgan fingerprint density at radius 1 is 0.974 bits per heavy atom. The number of nitrogens with zero attached hydrogens (tertiary/aromatic N) is 4. The summed E-state index contributed by atoms with van der Waals surface area (Å²) in [6.45, 7) is 9.85. The molecule has 192 valence electrons. The first kappa shape index (κ1) is 25.0. The highest BCUT2D eigenvalue weighted by atomic mass is 16.3. The second-order valence-electron chi connectivity index (χ2n) is 9.82. The Bertz CT molecular complexity index is 1640. The van der Waals surface area contributed by atoms with Crippen LogP contribution in [0.3, 0.4) is 0 Å². The van der Waals surface area contributed by atoms with Gasteiger partial charge in [0.25, 0.3) is 5.91 Å². The minimum Gasteiger partial charge on any atom is -0.507 e. The van der Waals surface area contributed by atoms with Crippen LogP contribution in [0.1, 0.15) is 41.0 Å². The first-order valence-corrected chi connectivity index (χ1v) is 12.5. The van der Waals surface area contributed by atoms with Gasteiger partial charge in [-0.1, -0.05) is 23.8 Å². The predicted molar refractivity (Wildman–Crippen MR) is 151 cm³/mol. The fourth-order valence-corrected chi connectivity index (χ4v) is 4.37. The predicted octanol–water partition coefficient (Wildman–Crippen LogP) is 6.45. The molecule has 2 aromatic heterocycles. The number of hydrogen-bond acceptors (Lipinski definition) is 6. The number of aromatic hydroxyl groups is 1. The minimum atomic E-state index is -0.216. The monoisotopic (exact) mass is 506 g/mol. The average molecular weight is 507 g/mol. The molecule has 3 aromatic carbocycles. The Kier molecular flexibility index (Phi) is 6.55. The SMILES string of the molecule is Cc1ccc(N(C(=O)c2ccc(C)c(-c3cc4cnc(NC(C)C)nc4cc3O)c2)c2cc(C)n[nH]2)cc1. The van der Waals surface area contributed by atoms with Crippen LogP contribution in [0.5, 0.6) is 5.75 Å². The van der Waals surface area contributed by atoms with Crippen molar-refractivity contribution in [1.82, 2.24) is 20.2 Å². The topological polar surface area (TPSA) is 107 Å². The molecule has 3 N–H and O–H groups in total. The number of aryl methyl sites for hydroxylation is 3. The Balaban J connectivity index is 1.57. The zero-order valence-electron chi connectivity index (χ0n) is 22.1. The number of phenolic OH excluding ortho intramolecular Hbond substituents is 1. The molecule has 0 aliphatic heterocycles. The van der Waals surface area contributed by atoms with Crippen molar-refractivity contribution < 1.29 is 9.90 Å². The van der Waals surface area contributed by atoms with Crippen molar-refractivity contribution in [3.8, 4) is 16.9 Å². The van der Waals surface area contributed by atoms with Gasteiger partial charge in [-0.05, 0) is 76.1 Å². The number of carbonyl (C=O) groups excluding carboxylic acids is 1. The van der Waals surface area contributed by atoms with Gasteiger partial charge in [0.1, 0.15) is 11.6 Å². The molecule has 0 fully saturated rings. The van der Waals surface area contributed by atoms with Crippen molar-refractivity contribution in [2.75, 3.05) is 10.2 Å². The standard InChI is InChI=1S/C30H30N6O2/c1-17(2)32-30-31-16-22-14-25(27(37)15-26(22)33-30)24-13-21(9-8-19(24)4)29(38)36(28-12-20(5)34-35-28)23-10-6-18(3)7-11-23/h6-17,37H,1-5H3,(H,34,35)(H,31,32,33). The molecule has 0 spiro atoms. The molecule has 0 atom stereocenters. The van der Waals surface area contributed by atoms with Gasteiger partial charge in [0, 0.05) is 40.9 Å². The molecule has 1 amide bonds. The Hall–Kier alpha value is -4.72. The lowest BCUT2D eigenvalue weighted by Crippen LogP contribution is -2.26. The number of fused-ring (bicyclic) bond motifs is 1. The highest BCUT2D eigenvalue weighted by Crippen LogP contribution is 2.36. The summed E-state index contributed by atoms with van der Waals surface area (Å²) >= 11 is 0. The molecule has 38 heavy (non-hydrogen) atoms. The fraction of sp³-hybridized carbons (Fsp3) is 0.200. The van der Waals surface area contributed by atoms with E-state index in [1.165, 1.54) is 0 Å². The summed E-state index contributed by atoms with van der Waals surface area (Å²) < 4.78 is 0. The summed E-state index contributed by atoms with van der Waals surface area (Å²) in [5.74, 6) is 0.953. The second kappa shape index (κ2) is 9.97. The third kappa shape index (κ3) is 4.93. The zero-order valence-corrected chi connectivity index (χ0v) is 22.1. The fourth-order valence-electron chi connectivity index (χ4n) is 4.37. The lowest BCUT2D eigenvalue weighted by molar-refractivity contribution is 0.0998. The van der Waals surface area contributed by atoms with Crippen LogP contribution in [0, 0.1) is 20.8 Å². The molecular weight excluding hydrogens is 476 g/mol. The zero-order chi connectivity index (χ0) is 27.0. The van der Waals surface area contributed by atoms with Crippen LogP contribution in [-0.4, -0.2) is 37.2 Å². The summed E-state index contributed by atoms with van der Waals surface area (Å²) in [5, 5.41) is 22.2. The van der Waals surface area contributed by atoms with Crippen molar-refractivity contribution in [2.45, 2.75) is 40.7 Å². The molecular formula is C30H30N6O2. The van der Waals surface area contributed by atoms with Gasteiger partial charge in [-0.2, -0.15) is 5.10 Å². The van der Waals surface area contributed by atoms with E-state index in [1.807, 2.05) is 83.1 Å². The van der Waals surface area contributed by atoms with Crippen molar-refractivity contribution in [1.29, 1.82) is 0 Å². The molecule has 0 radical (unpaired) electrons. The van der Waals surface area contributed by atoms with E-state index in [0.29, 0.717) is 28.4 Å². The van der Waals surface area contributed by atoms with Crippen LogP contribution in [0.25, 0.3) is 22.0 Å². The highest BCUT2D eigenvalue weighted by Gasteiger charge is 2.23. The average Bonchev–Trinajstić information content (AvgIpc) is 3.30. The molecule has 8 nitrogen and oxygen atoms in total. The second-order valence-corrected chi connectivity index (χ2v) is 9.82. The number of rotatable bonds is 6. The molecule has 0 bridgehead atoms. The normalized spacial score (nSPS) is 11.2. The van der Waals surface area contributed by atoms with Gasteiger partial charge in [-0.3, -0.25) is 14.8 Å². The van der Waals surface area contributed by atoms with E-state index in [9.17, 15) is 9.90 Å². The van der Waals surface area contributed by atoms with E-state index >= 15 is 0 Å². The summed E-state index contributed by atoms with van der Waals surface area (Å²) in [4.78, 5) is 24.5. The maximum Gasteiger partial charge on any atom is 0.264 e. The lowest BCUT2D eigenvalue weighted by Gasteiger charge is -2.22. The van der Waals surface area contributed by atoms with Crippen LogP contribution >= 0.6 is 0 Å². The van der Waals surface area contributed by atoms with Gasteiger partial charge >= 0.3 is 0 Å². The first-order valence-electron chi connectivity index (χ1n) is 12.5. The van der Waals surface area contributed by atoms with Gasteiger partial charge in [0.05, 0.1) is 16.9 Å². The van der Waals surface area contributed by atoms with Crippen LogP contribution in [0.2, 0.25) is 0 Å². The Morgan fingerprint density at radius 2 is 1.74 bits per heavy atom. The van der Waals surface area contributed by atoms with E-state index in [-0.39, 0.29) is 17.7 Å². The number of amides is 1. The largest absolute Gasteiger partial charge is 0.507 e. The molecule has 0 unspecified atom stereocenters. The molecule has 5 aromatic rings. The first-order chi connectivity index (χ1) is 18.2. The third-order valence-electron chi connectivity index (χ3n) is 6.32. The molecule has 0 saturated heterocycles. The molecule has 5 rings (SSSR count). The van der Waals surface area contributed by atoms with Crippen molar-refractivity contribution >= 4 is 34.3 Å². The lowest BCUT2D eigenvalue weighted by atomic mass is 9.95. The maximum atomic E-state index is 13.9. The Labute approximate surface area is 221 Å². The van der Waals surface area contributed by atoms with Crippen LogP contribution < -0.4 is 10.2 Å². The minimum absolute atomic E-state index is 0.0824. The van der Waals surface area contributed by atoms with Crippen LogP contribution in [0.15, 0.2) is 66.9 Å². The molecule has 2 heterocycles. The van der Waals surface area contributed by atoms with Crippen LogP contribution in [0.4, 0.5) is 17.5 Å². The third-order valence-corrected chi connectivity index (χ3v) is 6.32. The van der Waals surface area contributed by atoms with Crippen LogP contribution in [-0.2, 0) is 0 Å². The van der Waals surface area contributed by atoms with E-state index in [2.05, 4.69) is 25.5 Å². The summed E-state index contributed by atoms with van der Waals surface area (Å²) in [6.07, 6.45) is 1.74. The highest BCUT2D eigenvalue weighted by molar-refractivity contribution is 6.11. The van der Waals surface area contributed by atoms with Gasteiger partial charge in [0.15, 0.2) is 0 Å².